The van der Waals surface area contributed by atoms with Gasteiger partial charge in [-0.3, -0.25) is 19.7 Å². The molecule has 1 aliphatic rings. The number of H-pyrrole nitrogens is 1. The van der Waals surface area contributed by atoms with Crippen molar-refractivity contribution < 1.29 is 18.4 Å². The molecular weight excluding hydrogens is 408 g/mol. The molecule has 2 amide bonds. The molecule has 1 fully saturated rings. The fourth-order valence-corrected chi connectivity index (χ4v) is 3.20. The van der Waals surface area contributed by atoms with Crippen LogP contribution in [0.15, 0.2) is 43.0 Å². The van der Waals surface area contributed by atoms with Crippen molar-refractivity contribution in [3.8, 4) is 0 Å². The van der Waals surface area contributed by atoms with Gasteiger partial charge in [-0.05, 0) is 30.7 Å². The Bertz CT molecular complexity index is 1110. The van der Waals surface area contributed by atoms with Gasteiger partial charge in [-0.25, -0.2) is 13.8 Å². The first kappa shape index (κ1) is 20.4. The summed E-state index contributed by atoms with van der Waals surface area (Å²) in [4.78, 5) is 34.7. The van der Waals surface area contributed by atoms with E-state index >= 15 is 0 Å². The van der Waals surface area contributed by atoms with Crippen LogP contribution in [0.3, 0.4) is 0 Å². The highest BCUT2D eigenvalue weighted by Crippen LogP contribution is 2.30. The Morgan fingerprint density at radius 3 is 2.65 bits per heavy atom. The van der Waals surface area contributed by atoms with Crippen molar-refractivity contribution in [1.82, 2.24) is 20.2 Å². The molecule has 4 heterocycles. The van der Waals surface area contributed by atoms with Crippen LogP contribution in [-0.2, 0) is 0 Å². The van der Waals surface area contributed by atoms with E-state index in [-0.39, 0.29) is 30.9 Å². The number of nitrogens with zero attached hydrogens (tertiary/aromatic N) is 4. The number of carbonyl (C=O) groups is 2. The highest BCUT2D eigenvalue weighted by molar-refractivity contribution is 6.11. The van der Waals surface area contributed by atoms with Gasteiger partial charge in [-0.2, -0.15) is 5.10 Å². The van der Waals surface area contributed by atoms with Gasteiger partial charge in [0.25, 0.3) is 17.7 Å². The number of halogens is 2. The summed E-state index contributed by atoms with van der Waals surface area (Å²) in [6.45, 7) is 1.66. The smallest absolute Gasteiger partial charge is 0.275 e. The molecular formula is C20H19F2N7O2. The van der Waals surface area contributed by atoms with Crippen LogP contribution in [0.25, 0.3) is 0 Å². The molecule has 11 heteroatoms. The molecule has 3 aromatic heterocycles. The lowest BCUT2D eigenvalue weighted by atomic mass is 10.2. The van der Waals surface area contributed by atoms with E-state index in [0.717, 1.165) is 5.56 Å². The van der Waals surface area contributed by atoms with Crippen molar-refractivity contribution in [2.75, 3.05) is 28.6 Å². The summed E-state index contributed by atoms with van der Waals surface area (Å²) in [6, 6.07) is 4.81. The Hall–Kier alpha value is -3.89. The number of hydrogen-bond acceptors (Lipinski definition) is 6. The van der Waals surface area contributed by atoms with Crippen molar-refractivity contribution in [3.05, 3.63) is 59.8 Å². The van der Waals surface area contributed by atoms with E-state index in [0.29, 0.717) is 17.1 Å². The maximum absolute atomic E-state index is 13.4. The predicted molar refractivity (Wildman–Crippen MR) is 109 cm³/mol. The second-order valence-electron chi connectivity index (χ2n) is 7.25. The molecule has 160 valence electrons. The van der Waals surface area contributed by atoms with Crippen LogP contribution in [0.5, 0.6) is 0 Å². The summed E-state index contributed by atoms with van der Waals surface area (Å²) in [7, 11) is 0. The first-order valence-electron chi connectivity index (χ1n) is 9.47. The number of alkyl halides is 2. The maximum atomic E-state index is 13.4. The third kappa shape index (κ3) is 4.65. The quantitative estimate of drug-likeness (QED) is 0.577. The highest BCUT2D eigenvalue weighted by Gasteiger charge is 2.38. The second-order valence-corrected chi connectivity index (χ2v) is 7.25. The molecule has 1 saturated heterocycles. The first-order valence-corrected chi connectivity index (χ1v) is 9.47. The predicted octanol–water partition coefficient (Wildman–Crippen LogP) is 2.86. The lowest BCUT2D eigenvalue weighted by Crippen LogP contribution is -2.25. The minimum absolute atomic E-state index is 0.0530. The second kappa shape index (κ2) is 8.09. The number of carbonyl (C=O) groups excluding carboxylic acids is 2. The van der Waals surface area contributed by atoms with Gasteiger partial charge in [0, 0.05) is 25.4 Å². The number of aromatic amines is 1. The molecule has 9 nitrogen and oxygen atoms in total. The SMILES string of the molecule is Cc1cncc(C(=O)Nc2cn[nH]c2C(=O)Nc2ccc(N3CCC(F)(F)C3)nc2)c1. The molecule has 3 N–H and O–H groups in total. The van der Waals surface area contributed by atoms with E-state index < -0.39 is 17.7 Å². The standard InChI is InChI=1S/C20H19F2N7O2/c1-12-6-13(8-23-7-12)18(30)27-15-10-25-28-17(15)19(31)26-14-2-3-16(24-9-14)29-5-4-20(21,22)11-29/h2-3,6-10H,4-5,11H2,1H3,(H,25,28)(H,26,31)(H,27,30). The molecule has 0 unspecified atom stereocenters. The van der Waals surface area contributed by atoms with Crippen molar-refractivity contribution in [2.45, 2.75) is 19.3 Å². The average Bonchev–Trinajstić information content (AvgIpc) is 3.34. The summed E-state index contributed by atoms with van der Waals surface area (Å²) < 4.78 is 26.8. The Balaban J connectivity index is 1.42. The third-order valence-corrected chi connectivity index (χ3v) is 4.75. The Morgan fingerprint density at radius 2 is 1.97 bits per heavy atom. The molecule has 0 aliphatic carbocycles. The van der Waals surface area contributed by atoms with E-state index in [1.165, 1.54) is 23.5 Å². The number of aromatic nitrogens is 4. The van der Waals surface area contributed by atoms with Crippen LogP contribution < -0.4 is 15.5 Å². The molecule has 0 spiro atoms. The summed E-state index contributed by atoms with van der Waals surface area (Å²) in [5, 5.41) is 11.6. The van der Waals surface area contributed by atoms with E-state index in [1.807, 2.05) is 6.92 Å². The monoisotopic (exact) mass is 427 g/mol. The molecule has 0 atom stereocenters. The first-order chi connectivity index (χ1) is 14.8. The number of nitrogens with one attached hydrogen (secondary N) is 3. The summed E-state index contributed by atoms with van der Waals surface area (Å²) >= 11 is 0. The van der Waals surface area contributed by atoms with Gasteiger partial charge in [-0.15, -0.1) is 0 Å². The van der Waals surface area contributed by atoms with Gasteiger partial charge in [0.2, 0.25) is 0 Å². The molecule has 0 saturated carbocycles. The molecule has 1 aliphatic heterocycles. The average molecular weight is 427 g/mol. The van der Waals surface area contributed by atoms with Crippen molar-refractivity contribution in [3.63, 3.8) is 0 Å². The number of aryl methyl sites for hydroxylation is 1. The van der Waals surface area contributed by atoms with Crippen molar-refractivity contribution >= 4 is 29.0 Å². The van der Waals surface area contributed by atoms with Gasteiger partial charge in [0.15, 0.2) is 0 Å². The van der Waals surface area contributed by atoms with Gasteiger partial charge in [0.1, 0.15) is 11.5 Å². The largest absolute Gasteiger partial charge is 0.350 e. The summed E-state index contributed by atoms with van der Waals surface area (Å²) in [5.41, 5.74) is 1.80. The molecule has 0 bridgehead atoms. The summed E-state index contributed by atoms with van der Waals surface area (Å²) in [5.74, 6) is -3.28. The van der Waals surface area contributed by atoms with Crippen LogP contribution >= 0.6 is 0 Å². The van der Waals surface area contributed by atoms with E-state index in [2.05, 4.69) is 30.8 Å². The van der Waals surface area contributed by atoms with Crippen LogP contribution in [-0.4, -0.2) is 51.0 Å². The highest BCUT2D eigenvalue weighted by atomic mass is 19.3. The van der Waals surface area contributed by atoms with Gasteiger partial charge < -0.3 is 15.5 Å². The topological polar surface area (TPSA) is 116 Å². The molecule has 31 heavy (non-hydrogen) atoms. The van der Waals surface area contributed by atoms with E-state index in [1.54, 1.807) is 24.4 Å². The van der Waals surface area contributed by atoms with Gasteiger partial charge in [-0.1, -0.05) is 0 Å². The Kier molecular flexibility index (Phi) is 5.32. The fourth-order valence-electron chi connectivity index (χ4n) is 3.20. The number of amides is 2. The van der Waals surface area contributed by atoms with Gasteiger partial charge in [0.05, 0.1) is 35.9 Å². The number of hydrogen-bond donors (Lipinski definition) is 3. The Morgan fingerprint density at radius 1 is 1.13 bits per heavy atom. The molecule has 0 radical (unpaired) electrons. The molecule has 0 aromatic carbocycles. The van der Waals surface area contributed by atoms with Crippen LogP contribution in [0.4, 0.5) is 26.0 Å². The zero-order valence-electron chi connectivity index (χ0n) is 16.5. The molecule has 4 rings (SSSR count). The minimum atomic E-state index is -2.72. The van der Waals surface area contributed by atoms with Crippen LogP contribution in [0.1, 0.15) is 32.8 Å². The van der Waals surface area contributed by atoms with Gasteiger partial charge >= 0.3 is 0 Å². The zero-order chi connectivity index (χ0) is 22.0. The maximum Gasteiger partial charge on any atom is 0.275 e. The number of anilines is 3. The lowest BCUT2D eigenvalue weighted by molar-refractivity contribution is 0.0256. The van der Waals surface area contributed by atoms with Crippen LogP contribution in [0.2, 0.25) is 0 Å². The Labute approximate surface area is 175 Å². The normalized spacial score (nSPS) is 15.0. The fraction of sp³-hybridized carbons (Fsp3) is 0.250. The minimum Gasteiger partial charge on any atom is -0.350 e. The summed E-state index contributed by atoms with van der Waals surface area (Å²) in [6.07, 6.45) is 5.55. The number of rotatable bonds is 5. The van der Waals surface area contributed by atoms with E-state index in [9.17, 15) is 18.4 Å². The zero-order valence-corrected chi connectivity index (χ0v) is 16.5. The van der Waals surface area contributed by atoms with E-state index in [4.69, 9.17) is 0 Å². The lowest BCUT2D eigenvalue weighted by Gasteiger charge is -2.17. The van der Waals surface area contributed by atoms with Crippen LogP contribution in [0, 0.1) is 6.92 Å². The number of pyridine rings is 2. The van der Waals surface area contributed by atoms with Crippen molar-refractivity contribution in [2.24, 2.45) is 0 Å². The van der Waals surface area contributed by atoms with Crippen molar-refractivity contribution in [1.29, 1.82) is 0 Å². The molecule has 3 aromatic rings. The third-order valence-electron chi connectivity index (χ3n) is 4.75.